The van der Waals surface area contributed by atoms with Gasteiger partial charge < -0.3 is 14.6 Å². The second-order valence-corrected chi connectivity index (χ2v) is 7.15. The number of ether oxygens (including phenoxy) is 1. The van der Waals surface area contributed by atoms with Gasteiger partial charge >= 0.3 is 5.97 Å². The van der Waals surface area contributed by atoms with Crippen molar-refractivity contribution < 1.29 is 14.3 Å². The molecule has 6 heteroatoms. The lowest BCUT2D eigenvalue weighted by Crippen LogP contribution is -2.51. The van der Waals surface area contributed by atoms with Crippen LogP contribution in [0.3, 0.4) is 0 Å². The Morgan fingerprint density at radius 1 is 1.31 bits per heavy atom. The van der Waals surface area contributed by atoms with Crippen molar-refractivity contribution in [3.05, 3.63) is 70.6 Å². The van der Waals surface area contributed by atoms with E-state index in [1.165, 1.54) is 13.2 Å². The number of nitrogens with one attached hydrogen (secondary N) is 1. The third kappa shape index (κ3) is 2.45. The van der Waals surface area contributed by atoms with E-state index in [4.69, 9.17) is 4.74 Å². The predicted molar refractivity (Wildman–Crippen MR) is 101 cm³/mol. The van der Waals surface area contributed by atoms with Crippen LogP contribution < -0.4 is 0 Å². The molecule has 0 saturated carbocycles. The summed E-state index contributed by atoms with van der Waals surface area (Å²) in [6.45, 7) is 3.62. The van der Waals surface area contributed by atoms with E-state index in [1.54, 1.807) is 16.2 Å². The number of H-pyrrole nitrogens is 1. The summed E-state index contributed by atoms with van der Waals surface area (Å²) in [7, 11) is 1.35. The van der Waals surface area contributed by atoms with Crippen molar-refractivity contribution in [1.29, 1.82) is 0 Å². The van der Waals surface area contributed by atoms with Gasteiger partial charge in [-0.2, -0.15) is 0 Å². The van der Waals surface area contributed by atoms with Crippen LogP contribution in [0.2, 0.25) is 0 Å². The number of benzene rings is 1. The standard InChI is InChI=1S/C20H18N2O3S/c1-3-17(23)22-15(20(24)25-2)11-13-12-7-4-5-8-14(12)21-18(13)19(22)16-9-6-10-26-16/h3-10,15,19,21H,1,11H2,2H3/t15-,19-/m0/s1. The second-order valence-electron chi connectivity index (χ2n) is 6.17. The summed E-state index contributed by atoms with van der Waals surface area (Å²) >= 11 is 1.56. The van der Waals surface area contributed by atoms with E-state index >= 15 is 0 Å². The van der Waals surface area contributed by atoms with Crippen LogP contribution in [0.1, 0.15) is 22.2 Å². The Kier molecular flexibility index (Phi) is 4.12. The molecular formula is C20H18N2O3S. The first-order valence-electron chi connectivity index (χ1n) is 8.31. The Balaban J connectivity index is 1.98. The monoisotopic (exact) mass is 366 g/mol. The largest absolute Gasteiger partial charge is 0.467 e. The van der Waals surface area contributed by atoms with E-state index in [0.29, 0.717) is 6.42 Å². The van der Waals surface area contributed by atoms with Gasteiger partial charge in [-0.1, -0.05) is 30.8 Å². The Hall–Kier alpha value is -2.86. The topological polar surface area (TPSA) is 62.4 Å². The molecule has 0 fully saturated rings. The summed E-state index contributed by atoms with van der Waals surface area (Å²) in [4.78, 5) is 31.3. The fourth-order valence-corrected chi connectivity index (χ4v) is 4.56. The van der Waals surface area contributed by atoms with Gasteiger partial charge in [-0.25, -0.2) is 4.79 Å². The molecule has 132 valence electrons. The first kappa shape index (κ1) is 16.6. The molecule has 0 saturated heterocycles. The maximum atomic E-state index is 12.7. The number of hydrogen-bond acceptors (Lipinski definition) is 4. The molecule has 0 unspecified atom stereocenters. The Morgan fingerprint density at radius 3 is 2.81 bits per heavy atom. The number of carbonyl (C=O) groups excluding carboxylic acids is 2. The number of para-hydroxylation sites is 1. The number of thiophene rings is 1. The zero-order valence-electron chi connectivity index (χ0n) is 14.3. The molecule has 0 aliphatic carbocycles. The number of amides is 1. The summed E-state index contributed by atoms with van der Waals surface area (Å²) in [5.41, 5.74) is 3.00. The van der Waals surface area contributed by atoms with Gasteiger partial charge in [0.1, 0.15) is 12.1 Å². The van der Waals surface area contributed by atoms with Gasteiger partial charge in [-0.15, -0.1) is 11.3 Å². The third-order valence-corrected chi connectivity index (χ3v) is 5.77. The van der Waals surface area contributed by atoms with Crippen molar-refractivity contribution in [2.45, 2.75) is 18.5 Å². The maximum absolute atomic E-state index is 12.7. The lowest BCUT2D eigenvalue weighted by atomic mass is 9.90. The van der Waals surface area contributed by atoms with Crippen LogP contribution >= 0.6 is 11.3 Å². The highest BCUT2D eigenvalue weighted by atomic mass is 32.1. The van der Waals surface area contributed by atoms with Gasteiger partial charge in [0.05, 0.1) is 7.11 Å². The van der Waals surface area contributed by atoms with Gasteiger partial charge in [0.15, 0.2) is 0 Å². The van der Waals surface area contributed by atoms with Crippen molar-refractivity contribution in [2.24, 2.45) is 0 Å². The SMILES string of the molecule is C=CC(=O)N1[C@@H](c2cccs2)c2[nH]c3ccccc3c2C[C@H]1C(=O)OC. The summed E-state index contributed by atoms with van der Waals surface area (Å²) in [5, 5.41) is 3.04. The van der Waals surface area contributed by atoms with E-state index in [0.717, 1.165) is 27.0 Å². The molecule has 2 atom stereocenters. The number of fused-ring (bicyclic) bond motifs is 3. The number of methoxy groups -OCH3 is 1. The molecule has 2 aromatic heterocycles. The molecule has 1 N–H and O–H groups in total. The van der Waals surface area contributed by atoms with Crippen LogP contribution in [0.15, 0.2) is 54.4 Å². The molecule has 5 nitrogen and oxygen atoms in total. The molecule has 3 aromatic rings. The molecule has 0 spiro atoms. The van der Waals surface area contributed by atoms with E-state index in [2.05, 4.69) is 11.6 Å². The van der Waals surface area contributed by atoms with Crippen LogP contribution in [-0.4, -0.2) is 34.9 Å². The highest BCUT2D eigenvalue weighted by Gasteiger charge is 2.43. The van der Waals surface area contributed by atoms with Gasteiger partial charge in [-0.05, 0) is 29.2 Å². The number of rotatable bonds is 3. The Bertz CT molecular complexity index is 990. The number of esters is 1. The summed E-state index contributed by atoms with van der Waals surface area (Å²) in [5.74, 6) is -0.708. The van der Waals surface area contributed by atoms with Gasteiger partial charge in [0.25, 0.3) is 0 Å². The quantitative estimate of drug-likeness (QED) is 0.571. The lowest BCUT2D eigenvalue weighted by molar-refractivity contribution is -0.153. The maximum Gasteiger partial charge on any atom is 0.328 e. The van der Waals surface area contributed by atoms with Crippen molar-refractivity contribution in [3.8, 4) is 0 Å². The molecule has 4 rings (SSSR count). The van der Waals surface area contributed by atoms with Crippen LogP contribution in [0, 0.1) is 0 Å². The van der Waals surface area contributed by atoms with Crippen molar-refractivity contribution in [2.75, 3.05) is 7.11 Å². The molecular weight excluding hydrogens is 348 g/mol. The minimum Gasteiger partial charge on any atom is -0.467 e. The Morgan fingerprint density at radius 2 is 2.12 bits per heavy atom. The molecule has 26 heavy (non-hydrogen) atoms. The zero-order chi connectivity index (χ0) is 18.3. The zero-order valence-corrected chi connectivity index (χ0v) is 15.1. The molecule has 3 heterocycles. The molecule has 1 amide bonds. The molecule has 1 aromatic carbocycles. The normalized spacial score (nSPS) is 19.2. The highest BCUT2D eigenvalue weighted by Crippen LogP contribution is 2.42. The van der Waals surface area contributed by atoms with Crippen molar-refractivity contribution in [1.82, 2.24) is 9.88 Å². The van der Waals surface area contributed by atoms with E-state index < -0.39 is 12.0 Å². The lowest BCUT2D eigenvalue weighted by Gasteiger charge is -2.39. The van der Waals surface area contributed by atoms with Crippen LogP contribution in [-0.2, 0) is 20.7 Å². The molecule has 0 bridgehead atoms. The number of aromatic nitrogens is 1. The van der Waals surface area contributed by atoms with E-state index in [-0.39, 0.29) is 11.9 Å². The smallest absolute Gasteiger partial charge is 0.328 e. The van der Waals surface area contributed by atoms with Crippen LogP contribution in [0.5, 0.6) is 0 Å². The summed E-state index contributed by atoms with van der Waals surface area (Å²) < 4.78 is 5.01. The van der Waals surface area contributed by atoms with Crippen molar-refractivity contribution in [3.63, 3.8) is 0 Å². The third-order valence-electron chi connectivity index (χ3n) is 4.85. The van der Waals surface area contributed by atoms with Crippen molar-refractivity contribution >= 4 is 34.1 Å². The van der Waals surface area contributed by atoms with E-state index in [9.17, 15) is 9.59 Å². The second kappa shape index (κ2) is 6.46. The van der Waals surface area contributed by atoms with Gasteiger partial charge in [-0.3, -0.25) is 4.79 Å². The summed E-state index contributed by atoms with van der Waals surface area (Å²) in [6.07, 6.45) is 1.66. The van der Waals surface area contributed by atoms with Crippen LogP contribution in [0.25, 0.3) is 10.9 Å². The van der Waals surface area contributed by atoms with E-state index in [1.807, 2.05) is 41.8 Å². The highest BCUT2D eigenvalue weighted by molar-refractivity contribution is 7.10. The number of hydrogen-bond donors (Lipinski definition) is 1. The minimum atomic E-state index is -0.690. The molecule has 1 aliphatic heterocycles. The van der Waals surface area contributed by atoms with Crippen LogP contribution in [0.4, 0.5) is 0 Å². The average Bonchev–Trinajstić information content (AvgIpc) is 3.33. The van der Waals surface area contributed by atoms with Gasteiger partial charge in [0, 0.05) is 27.9 Å². The predicted octanol–water partition coefficient (Wildman–Crippen LogP) is 3.43. The summed E-state index contributed by atoms with van der Waals surface area (Å²) in [6, 6.07) is 10.8. The number of carbonyl (C=O) groups is 2. The fraction of sp³-hybridized carbons (Fsp3) is 0.200. The minimum absolute atomic E-state index is 0.289. The average molecular weight is 366 g/mol. The first-order valence-corrected chi connectivity index (χ1v) is 9.19. The molecule has 1 aliphatic rings. The Labute approximate surface area is 154 Å². The number of aromatic amines is 1. The fourth-order valence-electron chi connectivity index (χ4n) is 3.73. The molecule has 0 radical (unpaired) electrons. The van der Waals surface area contributed by atoms with Gasteiger partial charge in [0.2, 0.25) is 5.91 Å². The first-order chi connectivity index (χ1) is 12.7. The number of nitrogens with zero attached hydrogens (tertiary/aromatic N) is 1.